The van der Waals surface area contributed by atoms with Gasteiger partial charge in [-0.25, -0.2) is 0 Å². The van der Waals surface area contributed by atoms with E-state index in [-0.39, 0.29) is 0 Å². The zero-order valence-corrected chi connectivity index (χ0v) is 52.7. The fraction of sp³-hybridized carbons (Fsp3) is 0. The first-order valence-electron chi connectivity index (χ1n) is 34.1. The normalized spacial score (nSPS) is 12.7. The summed E-state index contributed by atoms with van der Waals surface area (Å²) in [6.45, 7) is 0. The third-order valence-corrected chi connectivity index (χ3v) is 22.8. The minimum atomic E-state index is 0.907. The predicted molar refractivity (Wildman–Crippen MR) is 418 cm³/mol. The summed E-state index contributed by atoms with van der Waals surface area (Å²) < 4.78 is 13.7. The fourth-order valence-corrected chi connectivity index (χ4v) is 18.9. The van der Waals surface area contributed by atoms with Gasteiger partial charge in [-0.1, -0.05) is 267 Å². The smallest absolute Gasteiger partial charge is 0.143 e. The lowest BCUT2D eigenvalue weighted by Gasteiger charge is -2.19. The summed E-state index contributed by atoms with van der Waals surface area (Å²) in [5, 5.41) is 39.9. The first-order valence-corrected chi connectivity index (χ1v) is 34.1. The average molecular weight is 1240 g/mol. The Kier molecular flexibility index (Phi) is 9.74. The summed E-state index contributed by atoms with van der Waals surface area (Å²) in [6, 6.07) is 114. The molecule has 0 spiro atoms. The Balaban J connectivity index is 0.772. The van der Waals surface area contributed by atoms with Crippen LogP contribution in [0.15, 0.2) is 312 Å². The highest BCUT2D eigenvalue weighted by atomic mass is 16.3. The lowest BCUT2D eigenvalue weighted by molar-refractivity contribution is 0.672. The van der Waals surface area contributed by atoms with Crippen LogP contribution in [0.1, 0.15) is 0 Å². The molecule has 446 valence electrons. The van der Waals surface area contributed by atoms with E-state index in [0.717, 1.165) is 65.8 Å². The number of fused-ring (bicyclic) bond motifs is 24. The lowest BCUT2D eigenvalue weighted by Crippen LogP contribution is -1.92. The molecule has 2 aromatic heterocycles. The van der Waals surface area contributed by atoms with Gasteiger partial charge in [-0.15, -0.1) is 0 Å². The van der Waals surface area contributed by atoms with Crippen LogP contribution in [-0.4, -0.2) is 0 Å². The molecular formula is C96H50O2. The maximum atomic E-state index is 6.87. The topological polar surface area (TPSA) is 26.3 Å². The molecule has 2 heteroatoms. The van der Waals surface area contributed by atoms with Crippen molar-refractivity contribution in [2.24, 2.45) is 0 Å². The summed E-state index contributed by atoms with van der Waals surface area (Å²) in [5.41, 5.74) is 15.8. The molecule has 0 unspecified atom stereocenters. The van der Waals surface area contributed by atoms with Crippen LogP contribution in [0.2, 0.25) is 0 Å². The van der Waals surface area contributed by atoms with Crippen molar-refractivity contribution in [3.8, 4) is 55.6 Å². The molecule has 0 amide bonds. The van der Waals surface area contributed by atoms with Gasteiger partial charge in [0.05, 0.1) is 0 Å². The van der Waals surface area contributed by atoms with Crippen molar-refractivity contribution < 1.29 is 8.83 Å². The van der Waals surface area contributed by atoms with Crippen LogP contribution in [0.4, 0.5) is 0 Å². The second kappa shape index (κ2) is 18.5. The highest BCUT2D eigenvalue weighted by Gasteiger charge is 2.31. The summed E-state index contributed by atoms with van der Waals surface area (Å²) in [4.78, 5) is 0. The molecule has 24 aromatic rings. The van der Waals surface area contributed by atoms with Crippen molar-refractivity contribution >= 4 is 195 Å². The number of benzene rings is 18. The van der Waals surface area contributed by atoms with Crippen molar-refractivity contribution in [2.75, 3.05) is 0 Å². The Morgan fingerprint density at radius 2 is 0.408 bits per heavy atom. The fourth-order valence-electron chi connectivity index (χ4n) is 18.9. The molecular weight excluding hydrogens is 1190 g/mol. The Labute approximate surface area is 558 Å². The van der Waals surface area contributed by atoms with Gasteiger partial charge in [0, 0.05) is 43.1 Å². The zero-order chi connectivity index (χ0) is 63.3. The highest BCUT2D eigenvalue weighted by molar-refractivity contribution is 6.49. The number of para-hydroxylation sites is 2. The maximum absolute atomic E-state index is 6.87. The van der Waals surface area contributed by atoms with Crippen molar-refractivity contribution in [1.29, 1.82) is 0 Å². The van der Waals surface area contributed by atoms with E-state index in [9.17, 15) is 0 Å². The average Bonchev–Trinajstić information content (AvgIpc) is 1.53. The number of furan rings is 2. The Bertz CT molecular complexity index is 7600. The monoisotopic (exact) mass is 1230 g/mol. The van der Waals surface area contributed by atoms with Crippen LogP contribution in [0.3, 0.4) is 0 Å². The first-order chi connectivity index (χ1) is 48.7. The quantitative estimate of drug-likeness (QED) is 0.161. The molecule has 0 N–H and O–H groups in total. The molecule has 98 heavy (non-hydrogen) atoms. The molecule has 0 radical (unpaired) electrons. The maximum Gasteiger partial charge on any atom is 0.143 e. The van der Waals surface area contributed by atoms with E-state index in [1.54, 1.807) is 0 Å². The second-order valence-corrected chi connectivity index (χ2v) is 27.4. The third-order valence-electron chi connectivity index (χ3n) is 22.8. The standard InChI is InChI=1S/C96H50O2/c1-3-19-53(20-4-1)81-75-47-71-59-25-9-7-23-57(59)64-30-16-32-66(86(64)71)90(75)84(92-68-34-18-36-70-88(68)77(93(81)92)49-73-61-27-11-13-37-79(61)98-96(70)73)56-45-41-52(42-46-56)51-39-43-55(44-40-51)82-76-48-72-60-26-10-8-24-58(60)63-29-15-31-65(85(63)72)89(76)83(54-21-5-2-6-22-54)94-78-50-74-62-28-12-14-38-80(62)97-95(74)69-35-17-33-67(87(69)78)91(82)94/h1-50H. The van der Waals surface area contributed by atoms with Crippen LogP contribution < -0.4 is 0 Å². The summed E-state index contributed by atoms with van der Waals surface area (Å²) in [7, 11) is 0. The summed E-state index contributed by atoms with van der Waals surface area (Å²) in [5.74, 6) is 0. The van der Waals surface area contributed by atoms with Gasteiger partial charge in [0.25, 0.3) is 0 Å². The molecule has 0 saturated heterocycles. The Morgan fingerprint density at radius 3 is 0.857 bits per heavy atom. The molecule has 0 aliphatic carbocycles. The van der Waals surface area contributed by atoms with E-state index >= 15 is 0 Å². The van der Waals surface area contributed by atoms with Crippen LogP contribution in [0.25, 0.3) is 250 Å². The molecule has 22 aromatic carbocycles. The van der Waals surface area contributed by atoms with Gasteiger partial charge >= 0.3 is 0 Å². The SMILES string of the molecule is c1ccc(-c2c3cc4c5ccccc5c5cccc(c3c(-c3ccc(-c6ccc(-c7c8cc9c%10ccccc%10c%10cccc(c8c(-c8ccccc8)c8c%11cc%12c%13ccccc%13oc%12c%12cccc(c78)c%12%11)c%109)cc6)cc3)c3c6cccc7c8oc9ccccc9c8cc(c23)c76)c54)cc1. The van der Waals surface area contributed by atoms with Gasteiger partial charge < -0.3 is 8.83 Å². The van der Waals surface area contributed by atoms with Crippen molar-refractivity contribution in [3.05, 3.63) is 303 Å². The largest absolute Gasteiger partial charge is 0.455 e. The summed E-state index contributed by atoms with van der Waals surface area (Å²) >= 11 is 0. The van der Waals surface area contributed by atoms with Gasteiger partial charge in [-0.2, -0.15) is 0 Å². The van der Waals surface area contributed by atoms with E-state index in [2.05, 4.69) is 303 Å². The van der Waals surface area contributed by atoms with E-state index in [4.69, 9.17) is 8.83 Å². The molecule has 0 saturated carbocycles. The van der Waals surface area contributed by atoms with E-state index in [0.29, 0.717) is 0 Å². The lowest BCUT2D eigenvalue weighted by atomic mass is 9.83. The molecule has 0 fully saturated rings. The van der Waals surface area contributed by atoms with E-state index < -0.39 is 0 Å². The molecule has 0 bridgehead atoms. The van der Waals surface area contributed by atoms with Gasteiger partial charge in [-0.3, -0.25) is 0 Å². The van der Waals surface area contributed by atoms with Crippen LogP contribution >= 0.6 is 0 Å². The number of hydrogen-bond donors (Lipinski definition) is 0. The van der Waals surface area contributed by atoms with Crippen molar-refractivity contribution in [1.82, 2.24) is 0 Å². The molecule has 24 rings (SSSR count). The highest BCUT2D eigenvalue weighted by Crippen LogP contribution is 2.59. The van der Waals surface area contributed by atoms with E-state index in [1.165, 1.54) is 185 Å². The predicted octanol–water partition coefficient (Wildman–Crippen LogP) is 27.7. The van der Waals surface area contributed by atoms with Crippen LogP contribution in [0.5, 0.6) is 0 Å². The number of rotatable bonds is 5. The van der Waals surface area contributed by atoms with Gasteiger partial charge in [0.1, 0.15) is 22.3 Å². The van der Waals surface area contributed by atoms with Crippen LogP contribution in [0, 0.1) is 0 Å². The van der Waals surface area contributed by atoms with E-state index in [1.807, 2.05) is 0 Å². The zero-order valence-electron chi connectivity index (χ0n) is 52.7. The van der Waals surface area contributed by atoms with Gasteiger partial charge in [0.15, 0.2) is 0 Å². The number of hydrogen-bond acceptors (Lipinski definition) is 2. The van der Waals surface area contributed by atoms with Crippen molar-refractivity contribution in [2.45, 2.75) is 0 Å². The molecule has 0 aliphatic heterocycles. The van der Waals surface area contributed by atoms with Gasteiger partial charge in [-0.05, 0) is 221 Å². The van der Waals surface area contributed by atoms with Crippen molar-refractivity contribution in [3.63, 3.8) is 0 Å². The minimum absolute atomic E-state index is 0.907. The Hall–Kier alpha value is -12.9. The first kappa shape index (κ1) is 51.5. The third kappa shape index (κ3) is 6.44. The molecule has 0 atom stereocenters. The minimum Gasteiger partial charge on any atom is -0.455 e. The Morgan fingerprint density at radius 1 is 0.133 bits per heavy atom. The second-order valence-electron chi connectivity index (χ2n) is 27.4. The molecule has 2 nitrogen and oxygen atoms in total. The summed E-state index contributed by atoms with van der Waals surface area (Å²) in [6.07, 6.45) is 0. The molecule has 0 aliphatic rings. The van der Waals surface area contributed by atoms with Crippen LogP contribution in [-0.2, 0) is 0 Å². The van der Waals surface area contributed by atoms with Gasteiger partial charge in [0.2, 0.25) is 0 Å². The molecule has 2 heterocycles.